The highest BCUT2D eigenvalue weighted by molar-refractivity contribution is 7.09. The van der Waals surface area contributed by atoms with Crippen LogP contribution >= 0.6 is 11.3 Å². The van der Waals surface area contributed by atoms with Gasteiger partial charge in [0, 0.05) is 10.9 Å². The van der Waals surface area contributed by atoms with Crippen LogP contribution < -0.4 is 5.73 Å². The number of nitrogens with two attached hydrogens (primary N) is 1. The zero-order chi connectivity index (χ0) is 13.0. The van der Waals surface area contributed by atoms with Crippen LogP contribution in [0.4, 0.5) is 0 Å². The molecule has 0 aliphatic carbocycles. The first-order valence-corrected chi connectivity index (χ1v) is 7.40. The van der Waals surface area contributed by atoms with Crippen LogP contribution in [0.5, 0.6) is 0 Å². The molecule has 0 saturated carbocycles. The van der Waals surface area contributed by atoms with E-state index < -0.39 is 0 Å². The molecule has 1 aromatic carbocycles. The molecule has 0 saturated heterocycles. The monoisotopic (exact) mass is 259 g/mol. The molecule has 0 spiro atoms. The summed E-state index contributed by atoms with van der Waals surface area (Å²) >= 11 is 1.84. The molecule has 1 aromatic heterocycles. The lowest BCUT2D eigenvalue weighted by Gasteiger charge is -2.16. The van der Waals surface area contributed by atoms with E-state index in [1.54, 1.807) is 0 Å². The minimum absolute atomic E-state index is 0.171. The average molecular weight is 259 g/mol. The molecule has 2 N–H and O–H groups in total. The van der Waals surface area contributed by atoms with Gasteiger partial charge in [-0.3, -0.25) is 0 Å². The largest absolute Gasteiger partial charge is 0.324 e. The van der Waals surface area contributed by atoms with Crippen LogP contribution in [0.25, 0.3) is 0 Å². The van der Waals surface area contributed by atoms with Crippen molar-refractivity contribution in [2.75, 3.05) is 0 Å². The van der Waals surface area contributed by atoms with E-state index in [2.05, 4.69) is 49.6 Å². The lowest BCUT2D eigenvalue weighted by molar-refractivity contribution is 0.610. The molecule has 0 aliphatic rings. The van der Waals surface area contributed by atoms with E-state index in [1.807, 2.05) is 11.3 Å². The van der Waals surface area contributed by atoms with Crippen LogP contribution in [0.2, 0.25) is 0 Å². The summed E-state index contributed by atoms with van der Waals surface area (Å²) < 4.78 is 0. The Labute approximate surface area is 114 Å². The lowest BCUT2D eigenvalue weighted by Crippen LogP contribution is -2.12. The summed E-state index contributed by atoms with van der Waals surface area (Å²) in [5, 5.41) is 2.14. The summed E-state index contributed by atoms with van der Waals surface area (Å²) in [6.45, 7) is 4.32. The summed E-state index contributed by atoms with van der Waals surface area (Å²) in [7, 11) is 0. The van der Waals surface area contributed by atoms with Gasteiger partial charge < -0.3 is 5.73 Å². The maximum Gasteiger partial charge on any atom is 0.0297 e. The van der Waals surface area contributed by atoms with E-state index >= 15 is 0 Å². The molecule has 96 valence electrons. The van der Waals surface area contributed by atoms with Gasteiger partial charge in [0.2, 0.25) is 0 Å². The quantitative estimate of drug-likeness (QED) is 0.847. The van der Waals surface area contributed by atoms with Gasteiger partial charge in [-0.05, 0) is 61.2 Å². The number of thiophene rings is 1. The van der Waals surface area contributed by atoms with Gasteiger partial charge in [-0.2, -0.15) is 0 Å². The van der Waals surface area contributed by atoms with E-state index in [4.69, 9.17) is 5.73 Å². The maximum atomic E-state index is 6.31. The van der Waals surface area contributed by atoms with Crippen molar-refractivity contribution in [3.8, 4) is 0 Å². The molecular weight excluding hydrogens is 238 g/mol. The first kappa shape index (κ1) is 13.3. The molecule has 1 unspecified atom stereocenters. The molecule has 0 aliphatic heterocycles. The van der Waals surface area contributed by atoms with Gasteiger partial charge in [0.05, 0.1) is 0 Å². The van der Waals surface area contributed by atoms with Crippen LogP contribution in [-0.4, -0.2) is 0 Å². The van der Waals surface area contributed by atoms with Gasteiger partial charge in [-0.15, -0.1) is 11.3 Å². The number of hydrogen-bond acceptors (Lipinski definition) is 2. The van der Waals surface area contributed by atoms with Gasteiger partial charge in [0.15, 0.2) is 0 Å². The number of aryl methyl sites for hydroxylation is 2. The van der Waals surface area contributed by atoms with E-state index in [0.717, 1.165) is 19.3 Å². The fourth-order valence-electron chi connectivity index (χ4n) is 2.28. The molecule has 2 rings (SSSR count). The summed E-state index contributed by atoms with van der Waals surface area (Å²) in [4.78, 5) is 1.46. The molecule has 0 bridgehead atoms. The van der Waals surface area contributed by atoms with Crippen molar-refractivity contribution >= 4 is 11.3 Å². The van der Waals surface area contributed by atoms with Crippen LogP contribution in [0.3, 0.4) is 0 Å². The lowest BCUT2D eigenvalue weighted by atomic mass is 9.95. The van der Waals surface area contributed by atoms with Crippen molar-refractivity contribution in [3.05, 3.63) is 57.3 Å². The first-order chi connectivity index (χ1) is 8.68. The van der Waals surface area contributed by atoms with Crippen molar-refractivity contribution in [3.63, 3.8) is 0 Å². The van der Waals surface area contributed by atoms with Crippen LogP contribution in [0, 0.1) is 13.8 Å². The zero-order valence-electron chi connectivity index (χ0n) is 11.1. The molecule has 1 nitrogen and oxygen atoms in total. The average Bonchev–Trinajstić information content (AvgIpc) is 2.85. The Kier molecular flexibility index (Phi) is 4.56. The van der Waals surface area contributed by atoms with Gasteiger partial charge in [-0.25, -0.2) is 0 Å². The minimum Gasteiger partial charge on any atom is -0.324 e. The van der Waals surface area contributed by atoms with E-state index in [0.29, 0.717) is 0 Å². The molecule has 18 heavy (non-hydrogen) atoms. The third kappa shape index (κ3) is 3.21. The van der Waals surface area contributed by atoms with E-state index in [-0.39, 0.29) is 6.04 Å². The molecule has 2 aromatic rings. The fraction of sp³-hybridized carbons (Fsp3) is 0.375. The molecule has 1 atom stereocenters. The van der Waals surface area contributed by atoms with Crippen molar-refractivity contribution in [2.45, 2.75) is 39.2 Å². The highest BCUT2D eigenvalue weighted by Gasteiger charge is 2.09. The van der Waals surface area contributed by atoms with Crippen LogP contribution in [0.15, 0.2) is 35.7 Å². The van der Waals surface area contributed by atoms with Gasteiger partial charge in [0.1, 0.15) is 0 Å². The fourth-order valence-corrected chi connectivity index (χ4v) is 3.03. The topological polar surface area (TPSA) is 26.0 Å². The van der Waals surface area contributed by atoms with Gasteiger partial charge in [-0.1, -0.05) is 24.3 Å². The molecule has 0 amide bonds. The van der Waals surface area contributed by atoms with Gasteiger partial charge >= 0.3 is 0 Å². The first-order valence-electron chi connectivity index (χ1n) is 6.52. The smallest absolute Gasteiger partial charge is 0.0297 e. The van der Waals surface area contributed by atoms with E-state index in [1.165, 1.54) is 21.6 Å². The Morgan fingerprint density at radius 2 is 2.00 bits per heavy atom. The normalized spacial score (nSPS) is 12.6. The van der Waals surface area contributed by atoms with Crippen molar-refractivity contribution in [2.24, 2.45) is 5.73 Å². The molecular formula is C16H21NS. The van der Waals surface area contributed by atoms with Gasteiger partial charge in [0.25, 0.3) is 0 Å². The molecule has 2 heteroatoms. The molecule has 0 radical (unpaired) electrons. The Morgan fingerprint density at radius 3 is 2.72 bits per heavy atom. The second-order valence-corrected chi connectivity index (χ2v) is 5.90. The number of hydrogen-bond donors (Lipinski definition) is 1. The number of rotatable bonds is 5. The second kappa shape index (κ2) is 6.17. The second-order valence-electron chi connectivity index (χ2n) is 4.87. The summed E-state index contributed by atoms with van der Waals surface area (Å²) in [6, 6.07) is 10.9. The van der Waals surface area contributed by atoms with E-state index in [9.17, 15) is 0 Å². The summed E-state index contributed by atoms with van der Waals surface area (Å²) in [6.07, 6.45) is 3.37. The van der Waals surface area contributed by atoms with Crippen LogP contribution in [-0.2, 0) is 6.42 Å². The highest BCUT2D eigenvalue weighted by atomic mass is 32.1. The Morgan fingerprint density at radius 1 is 1.17 bits per heavy atom. The summed E-state index contributed by atoms with van der Waals surface area (Å²) in [5.74, 6) is 0. The maximum absolute atomic E-state index is 6.31. The van der Waals surface area contributed by atoms with Crippen molar-refractivity contribution < 1.29 is 0 Å². The Bertz CT molecular complexity index is 488. The van der Waals surface area contributed by atoms with Crippen molar-refractivity contribution in [1.82, 2.24) is 0 Å². The highest BCUT2D eigenvalue weighted by Crippen LogP contribution is 2.23. The Balaban J connectivity index is 1.91. The third-order valence-corrected chi connectivity index (χ3v) is 4.50. The zero-order valence-corrected chi connectivity index (χ0v) is 12.0. The summed E-state index contributed by atoms with van der Waals surface area (Å²) in [5.41, 5.74) is 10.3. The van der Waals surface area contributed by atoms with Crippen molar-refractivity contribution in [1.29, 1.82) is 0 Å². The predicted octanol–water partition coefficient (Wildman–Crippen LogP) is 4.39. The third-order valence-electron chi connectivity index (χ3n) is 3.56. The predicted molar refractivity (Wildman–Crippen MR) is 80.1 cm³/mol. The number of benzene rings is 1. The standard InChI is InChI=1S/C16H21NS/c1-12-6-3-9-15(13(12)2)16(17)10-4-7-14-8-5-11-18-14/h3,5-6,8-9,11,16H,4,7,10,17H2,1-2H3. The SMILES string of the molecule is Cc1cccc(C(N)CCCc2cccs2)c1C. The Hall–Kier alpha value is -1.12. The molecule has 0 fully saturated rings. The minimum atomic E-state index is 0.171. The van der Waals surface area contributed by atoms with Crippen LogP contribution in [0.1, 0.15) is 40.5 Å². The molecule has 1 heterocycles.